The fourth-order valence-corrected chi connectivity index (χ4v) is 4.01. The van der Waals surface area contributed by atoms with Gasteiger partial charge in [0, 0.05) is 57.3 Å². The Morgan fingerprint density at radius 3 is 2.74 bits per heavy atom. The van der Waals surface area contributed by atoms with Crippen LogP contribution in [0, 0.1) is 10.1 Å². The van der Waals surface area contributed by atoms with Crippen LogP contribution >= 0.6 is 0 Å². The molecule has 142 valence electrons. The van der Waals surface area contributed by atoms with Gasteiger partial charge in [-0.25, -0.2) is 0 Å². The van der Waals surface area contributed by atoms with Gasteiger partial charge in [-0.15, -0.1) is 0 Å². The van der Waals surface area contributed by atoms with Crippen molar-refractivity contribution in [3.8, 4) is 5.75 Å². The lowest BCUT2D eigenvalue weighted by molar-refractivity contribution is -0.385. The van der Waals surface area contributed by atoms with E-state index in [2.05, 4.69) is 34.9 Å². The Kier molecular flexibility index (Phi) is 5.09. The van der Waals surface area contributed by atoms with Crippen molar-refractivity contribution >= 4 is 5.69 Å². The highest BCUT2D eigenvalue weighted by atomic mass is 16.6. The molecule has 2 aliphatic rings. The van der Waals surface area contributed by atoms with Gasteiger partial charge in [0.15, 0.2) is 0 Å². The van der Waals surface area contributed by atoms with Gasteiger partial charge in [0.05, 0.1) is 11.5 Å². The minimum absolute atomic E-state index is 0.165. The topological polar surface area (TPSA) is 58.9 Å². The molecule has 1 saturated heterocycles. The van der Waals surface area contributed by atoms with E-state index in [1.807, 2.05) is 6.07 Å². The summed E-state index contributed by atoms with van der Waals surface area (Å²) in [7, 11) is 0. The van der Waals surface area contributed by atoms with E-state index in [9.17, 15) is 10.1 Å². The van der Waals surface area contributed by atoms with E-state index >= 15 is 0 Å². The predicted molar refractivity (Wildman–Crippen MR) is 104 cm³/mol. The molecular formula is C21H25N3O3. The zero-order chi connectivity index (χ0) is 18.8. The van der Waals surface area contributed by atoms with Crippen molar-refractivity contribution in [2.45, 2.75) is 25.9 Å². The van der Waals surface area contributed by atoms with Crippen LogP contribution in [0.3, 0.4) is 0 Å². The number of benzene rings is 2. The van der Waals surface area contributed by atoms with E-state index in [4.69, 9.17) is 4.74 Å². The number of rotatable bonds is 5. The maximum Gasteiger partial charge on any atom is 0.269 e. The van der Waals surface area contributed by atoms with Crippen LogP contribution in [0.1, 0.15) is 29.7 Å². The van der Waals surface area contributed by atoms with E-state index in [1.165, 1.54) is 11.1 Å². The van der Waals surface area contributed by atoms with Crippen LogP contribution in [0.4, 0.5) is 5.69 Å². The third-order valence-electron chi connectivity index (χ3n) is 5.68. The summed E-state index contributed by atoms with van der Waals surface area (Å²) in [4.78, 5) is 15.6. The number of hydrogen-bond acceptors (Lipinski definition) is 5. The van der Waals surface area contributed by atoms with Crippen molar-refractivity contribution in [1.29, 1.82) is 0 Å². The molecule has 1 fully saturated rings. The molecule has 6 nitrogen and oxygen atoms in total. The van der Waals surface area contributed by atoms with Crippen LogP contribution in [0.25, 0.3) is 0 Å². The van der Waals surface area contributed by atoms with Gasteiger partial charge in [-0.2, -0.15) is 0 Å². The molecular weight excluding hydrogens is 342 g/mol. The number of piperazine rings is 1. The van der Waals surface area contributed by atoms with E-state index in [0.29, 0.717) is 0 Å². The smallest absolute Gasteiger partial charge is 0.269 e. The zero-order valence-electron chi connectivity index (χ0n) is 15.6. The van der Waals surface area contributed by atoms with Gasteiger partial charge in [-0.3, -0.25) is 19.9 Å². The van der Waals surface area contributed by atoms with Gasteiger partial charge in [0.1, 0.15) is 5.75 Å². The lowest BCUT2D eigenvalue weighted by Crippen LogP contribution is -2.46. The molecule has 0 aliphatic carbocycles. The molecule has 0 saturated carbocycles. The predicted octanol–water partition coefficient (Wildman–Crippen LogP) is 3.41. The summed E-state index contributed by atoms with van der Waals surface area (Å²) in [6, 6.07) is 13.7. The number of nitro benzene ring substituents is 1. The summed E-state index contributed by atoms with van der Waals surface area (Å²) in [5.74, 6) is 1.04. The van der Waals surface area contributed by atoms with E-state index in [-0.39, 0.29) is 16.7 Å². The van der Waals surface area contributed by atoms with Gasteiger partial charge >= 0.3 is 0 Å². The van der Waals surface area contributed by atoms with E-state index in [1.54, 1.807) is 18.2 Å². The van der Waals surface area contributed by atoms with Crippen molar-refractivity contribution < 1.29 is 9.66 Å². The minimum atomic E-state index is -0.324. The van der Waals surface area contributed by atoms with Crippen molar-refractivity contribution in [2.24, 2.45) is 0 Å². The van der Waals surface area contributed by atoms with Crippen molar-refractivity contribution in [1.82, 2.24) is 9.80 Å². The molecule has 2 heterocycles. The molecule has 27 heavy (non-hydrogen) atoms. The van der Waals surface area contributed by atoms with Gasteiger partial charge in [-0.05, 0) is 29.7 Å². The quantitative estimate of drug-likeness (QED) is 0.599. The number of fused-ring (bicyclic) bond motifs is 1. The molecule has 0 aromatic heterocycles. The van der Waals surface area contributed by atoms with Crippen LogP contribution in [0.2, 0.25) is 0 Å². The Morgan fingerprint density at radius 1 is 1.15 bits per heavy atom. The lowest BCUT2D eigenvalue weighted by Gasteiger charge is -2.38. The summed E-state index contributed by atoms with van der Waals surface area (Å²) < 4.78 is 5.59. The van der Waals surface area contributed by atoms with E-state index in [0.717, 1.165) is 57.1 Å². The zero-order valence-corrected chi connectivity index (χ0v) is 15.6. The Balaban J connectivity index is 1.34. The monoisotopic (exact) mass is 367 g/mol. The number of nitro groups is 1. The van der Waals surface area contributed by atoms with Gasteiger partial charge in [0.25, 0.3) is 5.69 Å². The van der Waals surface area contributed by atoms with Gasteiger partial charge in [-0.1, -0.05) is 24.3 Å². The van der Waals surface area contributed by atoms with Gasteiger partial charge in [0.2, 0.25) is 0 Å². The molecule has 6 heteroatoms. The fourth-order valence-electron chi connectivity index (χ4n) is 4.01. The lowest BCUT2D eigenvalue weighted by atomic mass is 10.0. The third kappa shape index (κ3) is 3.96. The van der Waals surface area contributed by atoms with Crippen LogP contribution in [-0.2, 0) is 13.0 Å². The molecule has 2 aliphatic heterocycles. The molecule has 0 bridgehead atoms. The molecule has 0 unspecified atom stereocenters. The number of non-ortho nitro benzene ring substituents is 1. The highest BCUT2D eigenvalue weighted by Crippen LogP contribution is 2.28. The summed E-state index contributed by atoms with van der Waals surface area (Å²) >= 11 is 0. The molecule has 1 atom stereocenters. The molecule has 0 amide bonds. The fraction of sp³-hybridized carbons (Fsp3) is 0.429. The van der Waals surface area contributed by atoms with E-state index < -0.39 is 0 Å². The Hall–Kier alpha value is -2.44. The van der Waals surface area contributed by atoms with Crippen molar-refractivity contribution in [3.05, 3.63) is 69.3 Å². The molecule has 2 aromatic carbocycles. The standard InChI is InChI=1S/C21H25N3O3/c1-16(18-3-2-4-20(14-18)24(25)26)23-10-8-22(9-11-23)15-17-5-6-21-19(13-17)7-12-27-21/h2-6,13-14,16H,7-12,15H2,1H3/t16-/m1/s1. The first kappa shape index (κ1) is 17.9. The third-order valence-corrected chi connectivity index (χ3v) is 5.68. The van der Waals surface area contributed by atoms with Gasteiger partial charge < -0.3 is 4.74 Å². The van der Waals surface area contributed by atoms with Crippen LogP contribution in [-0.4, -0.2) is 47.5 Å². The first-order valence-electron chi connectivity index (χ1n) is 9.55. The Labute approximate surface area is 159 Å². The Bertz CT molecular complexity index is 831. The summed E-state index contributed by atoms with van der Waals surface area (Å²) in [6.07, 6.45) is 1.01. The average molecular weight is 367 g/mol. The second kappa shape index (κ2) is 7.66. The maximum absolute atomic E-state index is 11.0. The molecule has 0 N–H and O–H groups in total. The average Bonchev–Trinajstić information content (AvgIpc) is 3.16. The first-order chi connectivity index (χ1) is 13.1. The number of hydrogen-bond donors (Lipinski definition) is 0. The first-order valence-corrected chi connectivity index (χ1v) is 9.55. The highest BCUT2D eigenvalue weighted by molar-refractivity contribution is 5.40. The SMILES string of the molecule is C[C@H](c1cccc([N+](=O)[O-])c1)N1CCN(Cc2ccc3c(c2)CCO3)CC1. The second-order valence-corrected chi connectivity index (χ2v) is 7.38. The minimum Gasteiger partial charge on any atom is -0.493 e. The number of ether oxygens (including phenoxy) is 1. The Morgan fingerprint density at radius 2 is 1.96 bits per heavy atom. The number of nitrogens with zero attached hydrogens (tertiary/aromatic N) is 3. The van der Waals surface area contributed by atoms with Crippen LogP contribution in [0.5, 0.6) is 5.75 Å². The second-order valence-electron chi connectivity index (χ2n) is 7.38. The largest absolute Gasteiger partial charge is 0.493 e. The van der Waals surface area contributed by atoms with Crippen molar-refractivity contribution in [3.63, 3.8) is 0 Å². The summed E-state index contributed by atoms with van der Waals surface area (Å²) in [5.41, 5.74) is 3.85. The highest BCUT2D eigenvalue weighted by Gasteiger charge is 2.23. The molecule has 0 radical (unpaired) electrons. The molecule has 4 rings (SSSR count). The maximum atomic E-state index is 11.0. The normalized spacial score (nSPS) is 18.7. The molecule has 2 aromatic rings. The summed E-state index contributed by atoms with van der Waals surface area (Å²) in [5, 5.41) is 11.0. The summed E-state index contributed by atoms with van der Waals surface area (Å²) in [6.45, 7) is 7.85. The van der Waals surface area contributed by atoms with Crippen LogP contribution < -0.4 is 4.74 Å². The molecule has 0 spiro atoms. The van der Waals surface area contributed by atoms with Crippen molar-refractivity contribution in [2.75, 3.05) is 32.8 Å². The van der Waals surface area contributed by atoms with Crippen LogP contribution in [0.15, 0.2) is 42.5 Å².